The molecule has 4 heteroatoms. The van der Waals surface area contributed by atoms with E-state index < -0.39 is 0 Å². The van der Waals surface area contributed by atoms with Gasteiger partial charge in [-0.15, -0.1) is 0 Å². The number of aromatic nitrogens is 1. The smallest absolute Gasteiger partial charge is 0.234 e. The molecule has 1 aromatic rings. The Kier molecular flexibility index (Phi) is 5.50. The number of hydrogen-bond donors (Lipinski definition) is 1. The van der Waals surface area contributed by atoms with Crippen molar-refractivity contribution in [2.45, 2.75) is 20.4 Å². The van der Waals surface area contributed by atoms with E-state index in [1.54, 1.807) is 6.20 Å². The molecule has 16 heavy (non-hydrogen) atoms. The molecule has 0 unspecified atom stereocenters. The Balaban J connectivity index is 2.46. The number of rotatable bonds is 6. The van der Waals surface area contributed by atoms with Crippen LogP contribution in [0.2, 0.25) is 0 Å². The van der Waals surface area contributed by atoms with E-state index in [4.69, 9.17) is 0 Å². The Morgan fingerprint density at radius 3 is 2.88 bits per heavy atom. The van der Waals surface area contributed by atoms with Crippen LogP contribution in [0.4, 0.5) is 0 Å². The van der Waals surface area contributed by atoms with Crippen LogP contribution in [0.25, 0.3) is 0 Å². The first-order valence-corrected chi connectivity index (χ1v) is 5.64. The van der Waals surface area contributed by atoms with Gasteiger partial charge < -0.3 is 5.32 Å². The molecule has 0 bridgehead atoms. The van der Waals surface area contributed by atoms with Crippen molar-refractivity contribution in [2.75, 3.05) is 19.6 Å². The molecule has 88 valence electrons. The monoisotopic (exact) mass is 221 g/mol. The molecule has 4 nitrogen and oxygen atoms in total. The molecule has 1 amide bonds. The Labute approximate surface area is 96.7 Å². The van der Waals surface area contributed by atoms with Gasteiger partial charge in [0.05, 0.1) is 6.54 Å². The van der Waals surface area contributed by atoms with E-state index in [2.05, 4.69) is 22.1 Å². The lowest BCUT2D eigenvalue weighted by atomic mass is 10.2. The van der Waals surface area contributed by atoms with Crippen LogP contribution in [-0.2, 0) is 11.3 Å². The quantitative estimate of drug-likeness (QED) is 0.780. The third-order valence-corrected chi connectivity index (χ3v) is 2.32. The van der Waals surface area contributed by atoms with Crippen molar-refractivity contribution in [3.05, 3.63) is 30.1 Å². The molecule has 0 aliphatic carbocycles. The molecular formula is C12H19N3O. The van der Waals surface area contributed by atoms with E-state index >= 15 is 0 Å². The fourth-order valence-corrected chi connectivity index (χ4v) is 1.49. The second-order valence-corrected chi connectivity index (χ2v) is 3.62. The zero-order chi connectivity index (χ0) is 11.8. The lowest BCUT2D eigenvalue weighted by Gasteiger charge is -2.19. The van der Waals surface area contributed by atoms with Gasteiger partial charge in [0, 0.05) is 25.5 Å². The van der Waals surface area contributed by atoms with Gasteiger partial charge >= 0.3 is 0 Å². The van der Waals surface area contributed by atoms with Crippen molar-refractivity contribution < 1.29 is 4.79 Å². The maximum absolute atomic E-state index is 11.4. The average molecular weight is 221 g/mol. The van der Waals surface area contributed by atoms with Crippen LogP contribution in [0.1, 0.15) is 19.4 Å². The second-order valence-electron chi connectivity index (χ2n) is 3.62. The zero-order valence-corrected chi connectivity index (χ0v) is 9.94. The number of carbonyl (C=O) groups is 1. The Bertz CT molecular complexity index is 313. The number of hydrogen-bond acceptors (Lipinski definition) is 3. The summed E-state index contributed by atoms with van der Waals surface area (Å²) in [5, 5.41) is 2.80. The summed E-state index contributed by atoms with van der Waals surface area (Å²) in [7, 11) is 0. The van der Waals surface area contributed by atoms with Gasteiger partial charge in [0.15, 0.2) is 0 Å². The summed E-state index contributed by atoms with van der Waals surface area (Å²) in [4.78, 5) is 17.6. The minimum atomic E-state index is 0.0771. The number of pyridine rings is 1. The van der Waals surface area contributed by atoms with Crippen LogP contribution in [0.3, 0.4) is 0 Å². The standard InChI is InChI=1S/C12H19N3O/c1-3-14-12(16)10-15(4-2)9-11-6-5-7-13-8-11/h5-8H,3-4,9-10H2,1-2H3,(H,14,16). The molecule has 0 aromatic carbocycles. The number of nitrogens with zero attached hydrogens (tertiary/aromatic N) is 2. The van der Waals surface area contributed by atoms with Crippen LogP contribution in [0.15, 0.2) is 24.5 Å². The second kappa shape index (κ2) is 6.95. The van der Waals surface area contributed by atoms with E-state index in [9.17, 15) is 4.79 Å². The average Bonchev–Trinajstić information content (AvgIpc) is 2.30. The molecule has 0 atom stereocenters. The molecule has 0 saturated carbocycles. The van der Waals surface area contributed by atoms with Crippen LogP contribution < -0.4 is 5.32 Å². The fraction of sp³-hybridized carbons (Fsp3) is 0.500. The molecule has 0 aliphatic rings. The minimum Gasteiger partial charge on any atom is -0.355 e. The van der Waals surface area contributed by atoms with Gasteiger partial charge in [-0.25, -0.2) is 0 Å². The molecule has 0 radical (unpaired) electrons. The van der Waals surface area contributed by atoms with E-state index in [0.717, 1.165) is 18.7 Å². The summed E-state index contributed by atoms with van der Waals surface area (Å²) in [6.45, 7) is 6.72. The highest BCUT2D eigenvalue weighted by atomic mass is 16.2. The van der Waals surface area contributed by atoms with Gasteiger partial charge in [-0.2, -0.15) is 0 Å². The topological polar surface area (TPSA) is 45.2 Å². The van der Waals surface area contributed by atoms with Gasteiger partial charge in [0.1, 0.15) is 0 Å². The van der Waals surface area contributed by atoms with Crippen molar-refractivity contribution in [2.24, 2.45) is 0 Å². The molecule has 0 fully saturated rings. The molecule has 0 spiro atoms. The number of nitrogens with one attached hydrogen (secondary N) is 1. The molecular weight excluding hydrogens is 202 g/mol. The number of carbonyl (C=O) groups excluding carboxylic acids is 1. The van der Waals surface area contributed by atoms with Crippen LogP contribution in [0.5, 0.6) is 0 Å². The first-order chi connectivity index (χ1) is 7.76. The highest BCUT2D eigenvalue weighted by molar-refractivity contribution is 5.77. The number of likely N-dealkylation sites (N-methyl/N-ethyl adjacent to an activating group) is 2. The predicted octanol–water partition coefficient (Wildman–Crippen LogP) is 1.04. The van der Waals surface area contributed by atoms with Crippen LogP contribution >= 0.6 is 0 Å². The van der Waals surface area contributed by atoms with Crippen molar-refractivity contribution >= 4 is 5.91 Å². The lowest BCUT2D eigenvalue weighted by molar-refractivity contribution is -0.122. The summed E-state index contributed by atoms with van der Waals surface area (Å²) in [5.41, 5.74) is 1.13. The SMILES string of the molecule is CCNC(=O)CN(CC)Cc1cccnc1. The maximum Gasteiger partial charge on any atom is 0.234 e. The van der Waals surface area contributed by atoms with Crippen molar-refractivity contribution in [3.8, 4) is 0 Å². The van der Waals surface area contributed by atoms with E-state index in [-0.39, 0.29) is 5.91 Å². The first-order valence-electron chi connectivity index (χ1n) is 5.64. The molecule has 0 saturated heterocycles. The lowest BCUT2D eigenvalue weighted by Crippen LogP contribution is -2.36. The van der Waals surface area contributed by atoms with Crippen molar-refractivity contribution in [1.29, 1.82) is 0 Å². The minimum absolute atomic E-state index is 0.0771. The fourth-order valence-electron chi connectivity index (χ4n) is 1.49. The highest BCUT2D eigenvalue weighted by Crippen LogP contribution is 2.01. The Morgan fingerprint density at radius 2 is 2.31 bits per heavy atom. The van der Waals surface area contributed by atoms with Gasteiger partial charge in [0.2, 0.25) is 5.91 Å². The predicted molar refractivity (Wildman–Crippen MR) is 63.9 cm³/mol. The molecule has 1 rings (SSSR count). The third-order valence-electron chi connectivity index (χ3n) is 2.32. The zero-order valence-electron chi connectivity index (χ0n) is 9.94. The first kappa shape index (κ1) is 12.6. The summed E-state index contributed by atoms with van der Waals surface area (Å²) in [5.74, 6) is 0.0771. The normalized spacial score (nSPS) is 10.4. The van der Waals surface area contributed by atoms with Crippen LogP contribution in [0, 0.1) is 0 Å². The van der Waals surface area contributed by atoms with Gasteiger partial charge in [0.25, 0.3) is 0 Å². The molecule has 1 heterocycles. The third kappa shape index (κ3) is 4.40. The van der Waals surface area contributed by atoms with Crippen LogP contribution in [-0.4, -0.2) is 35.4 Å². The van der Waals surface area contributed by atoms with E-state index in [1.807, 2.05) is 25.3 Å². The summed E-state index contributed by atoms with van der Waals surface area (Å²) < 4.78 is 0. The highest BCUT2D eigenvalue weighted by Gasteiger charge is 2.08. The molecule has 0 aliphatic heterocycles. The number of amides is 1. The Hall–Kier alpha value is -1.42. The van der Waals surface area contributed by atoms with Crippen molar-refractivity contribution in [3.63, 3.8) is 0 Å². The Morgan fingerprint density at radius 1 is 1.50 bits per heavy atom. The van der Waals surface area contributed by atoms with E-state index in [0.29, 0.717) is 13.1 Å². The molecule has 1 N–H and O–H groups in total. The van der Waals surface area contributed by atoms with Gasteiger partial charge in [-0.1, -0.05) is 13.0 Å². The molecule has 1 aromatic heterocycles. The maximum atomic E-state index is 11.4. The summed E-state index contributed by atoms with van der Waals surface area (Å²) in [6.07, 6.45) is 3.59. The summed E-state index contributed by atoms with van der Waals surface area (Å²) >= 11 is 0. The van der Waals surface area contributed by atoms with E-state index in [1.165, 1.54) is 0 Å². The van der Waals surface area contributed by atoms with Crippen molar-refractivity contribution in [1.82, 2.24) is 15.2 Å². The van der Waals surface area contributed by atoms with Gasteiger partial charge in [-0.05, 0) is 25.1 Å². The van der Waals surface area contributed by atoms with Gasteiger partial charge in [-0.3, -0.25) is 14.7 Å². The largest absolute Gasteiger partial charge is 0.355 e. The summed E-state index contributed by atoms with van der Waals surface area (Å²) in [6, 6.07) is 3.93.